The van der Waals surface area contributed by atoms with Crippen LogP contribution in [0.15, 0.2) is 0 Å². The highest BCUT2D eigenvalue weighted by Gasteiger charge is 2.21. The lowest BCUT2D eigenvalue weighted by Gasteiger charge is -2.02. The maximum absolute atomic E-state index is 4.05. The van der Waals surface area contributed by atoms with Crippen LogP contribution < -0.4 is 0 Å². The molecule has 0 aromatic carbocycles. The molecule has 46 valence electrons. The molecule has 0 nitrogen and oxygen atoms in total. The van der Waals surface area contributed by atoms with E-state index in [1.807, 2.05) is 0 Å². The molecular formula is C6H12P2. The van der Waals surface area contributed by atoms with Crippen molar-refractivity contribution in [1.82, 2.24) is 0 Å². The molecule has 0 saturated heterocycles. The molecule has 0 aromatic rings. The summed E-state index contributed by atoms with van der Waals surface area (Å²) in [6.45, 7) is 4.85. The van der Waals surface area contributed by atoms with Crippen LogP contribution in [0.5, 0.6) is 0 Å². The molecule has 2 heteroatoms. The van der Waals surface area contributed by atoms with Crippen molar-refractivity contribution in [3.05, 3.63) is 0 Å². The highest BCUT2D eigenvalue weighted by atomic mass is 31.8. The largest absolute Gasteiger partial charge is 0.0946 e. The molecular weight excluding hydrogens is 134 g/mol. The fourth-order valence-corrected chi connectivity index (χ4v) is 4.98. The van der Waals surface area contributed by atoms with Gasteiger partial charge in [0, 0.05) is 5.40 Å². The Bertz CT molecular complexity index is 154. The SMILES string of the molecule is C=P1=PC1C(C)CC. The van der Waals surface area contributed by atoms with E-state index in [0.717, 1.165) is 11.3 Å². The van der Waals surface area contributed by atoms with Crippen LogP contribution in [0, 0.1) is 5.92 Å². The fraction of sp³-hybridized carbons (Fsp3) is 0.833. The van der Waals surface area contributed by atoms with Gasteiger partial charge in [0.25, 0.3) is 0 Å². The van der Waals surface area contributed by atoms with E-state index in [4.69, 9.17) is 0 Å². The summed E-state index contributed by atoms with van der Waals surface area (Å²) in [7, 11) is 1.66. The van der Waals surface area contributed by atoms with E-state index in [1.165, 1.54) is 6.42 Å². The maximum Gasteiger partial charge on any atom is 0.0487 e. The molecule has 1 heterocycles. The van der Waals surface area contributed by atoms with Crippen LogP contribution in [-0.2, 0) is 0 Å². The molecule has 0 amide bonds. The minimum atomic E-state index is 0.243. The zero-order valence-corrected chi connectivity index (χ0v) is 7.25. The van der Waals surface area contributed by atoms with Gasteiger partial charge in [0.15, 0.2) is 0 Å². The van der Waals surface area contributed by atoms with Crippen LogP contribution in [0.3, 0.4) is 0 Å². The van der Waals surface area contributed by atoms with Gasteiger partial charge in [-0.3, -0.25) is 0 Å². The summed E-state index contributed by atoms with van der Waals surface area (Å²) in [4.78, 5) is 0. The topological polar surface area (TPSA) is 0 Å². The molecule has 0 spiro atoms. The first-order valence-corrected chi connectivity index (χ1v) is 6.32. The smallest absolute Gasteiger partial charge is 0.0487 e. The zero-order valence-electron chi connectivity index (χ0n) is 5.46. The fourth-order valence-electron chi connectivity index (χ4n) is 0.741. The maximum atomic E-state index is 4.05. The Balaban J connectivity index is 2.31. The lowest BCUT2D eigenvalue weighted by Crippen LogP contribution is -1.96. The molecule has 0 radical (unpaired) electrons. The van der Waals surface area contributed by atoms with Crippen LogP contribution >= 0.6 is 14.7 Å². The lowest BCUT2D eigenvalue weighted by atomic mass is 10.2. The summed E-state index contributed by atoms with van der Waals surface area (Å²) < 4.78 is 0. The van der Waals surface area contributed by atoms with E-state index in [1.54, 1.807) is 7.87 Å². The van der Waals surface area contributed by atoms with Crippen molar-refractivity contribution in [2.24, 2.45) is 5.92 Å². The van der Waals surface area contributed by atoms with E-state index in [2.05, 4.69) is 20.1 Å². The quantitative estimate of drug-likeness (QED) is 0.525. The van der Waals surface area contributed by atoms with Crippen LogP contribution in [0.4, 0.5) is 0 Å². The average Bonchev–Trinajstić information content (AvgIpc) is 2.45. The molecule has 8 heavy (non-hydrogen) atoms. The van der Waals surface area contributed by atoms with Gasteiger partial charge in [0.2, 0.25) is 0 Å². The number of hydrogen-bond acceptors (Lipinski definition) is 0. The second kappa shape index (κ2) is 2.38. The van der Waals surface area contributed by atoms with Gasteiger partial charge in [-0.15, -0.1) is 0 Å². The van der Waals surface area contributed by atoms with Crippen molar-refractivity contribution < 1.29 is 0 Å². The minimum absolute atomic E-state index is 0.243. The molecule has 0 saturated carbocycles. The van der Waals surface area contributed by atoms with E-state index in [0.29, 0.717) is 0 Å². The summed E-state index contributed by atoms with van der Waals surface area (Å²) in [5.41, 5.74) is 0. The second-order valence-electron chi connectivity index (χ2n) is 2.35. The molecule has 1 rings (SSSR count). The number of hydrogen-bond donors (Lipinski definition) is 0. The normalized spacial score (nSPS) is 35.8. The molecule has 0 bridgehead atoms. The van der Waals surface area contributed by atoms with Gasteiger partial charge >= 0.3 is 0 Å². The average molecular weight is 146 g/mol. The van der Waals surface area contributed by atoms with Gasteiger partial charge in [-0.1, -0.05) is 41.3 Å². The van der Waals surface area contributed by atoms with Gasteiger partial charge in [-0.05, 0) is 5.92 Å². The lowest BCUT2D eigenvalue weighted by molar-refractivity contribution is 0.618. The molecule has 0 aromatic heterocycles. The van der Waals surface area contributed by atoms with Gasteiger partial charge in [0.05, 0.1) is 0 Å². The summed E-state index contributed by atoms with van der Waals surface area (Å²) in [5, 5.41) is 1.01. The summed E-state index contributed by atoms with van der Waals surface area (Å²) in [6, 6.07) is 0. The van der Waals surface area contributed by atoms with E-state index in [9.17, 15) is 0 Å². The Morgan fingerprint density at radius 2 is 2.38 bits per heavy atom. The Kier molecular flexibility index (Phi) is 1.96. The Labute approximate surface area is 53.3 Å². The third kappa shape index (κ3) is 1.24. The zero-order chi connectivity index (χ0) is 6.15. The van der Waals surface area contributed by atoms with Crippen molar-refractivity contribution in [2.45, 2.75) is 25.7 Å². The monoisotopic (exact) mass is 146 g/mol. The molecule has 1 aliphatic rings. The van der Waals surface area contributed by atoms with Gasteiger partial charge in [-0.25, -0.2) is 0 Å². The molecule has 0 N–H and O–H groups in total. The van der Waals surface area contributed by atoms with Gasteiger partial charge in [-0.2, -0.15) is 0 Å². The first-order chi connectivity index (χ1) is 3.75. The summed E-state index contributed by atoms with van der Waals surface area (Å²) >= 11 is 0. The third-order valence-corrected chi connectivity index (χ3v) is 6.20. The molecule has 1 aliphatic heterocycles. The van der Waals surface area contributed by atoms with Crippen LogP contribution in [-0.4, -0.2) is 11.7 Å². The highest BCUT2D eigenvalue weighted by molar-refractivity contribution is 8.10. The second-order valence-corrected chi connectivity index (χ2v) is 7.22. The van der Waals surface area contributed by atoms with Crippen molar-refractivity contribution in [2.75, 3.05) is 0 Å². The van der Waals surface area contributed by atoms with E-state index in [-0.39, 0.29) is 6.83 Å². The summed E-state index contributed by atoms with van der Waals surface area (Å²) in [6.07, 6.45) is 5.39. The van der Waals surface area contributed by atoms with E-state index < -0.39 is 0 Å². The van der Waals surface area contributed by atoms with Crippen molar-refractivity contribution in [1.29, 1.82) is 0 Å². The van der Waals surface area contributed by atoms with Crippen molar-refractivity contribution in [3.8, 4) is 0 Å². The van der Waals surface area contributed by atoms with E-state index >= 15 is 0 Å². The van der Waals surface area contributed by atoms with Crippen LogP contribution in [0.1, 0.15) is 20.3 Å². The predicted molar refractivity (Wildman–Crippen MR) is 44.2 cm³/mol. The predicted octanol–water partition coefficient (Wildman–Crippen LogP) is 3.15. The first-order valence-electron chi connectivity index (χ1n) is 3.06. The Morgan fingerprint density at radius 3 is 2.50 bits per heavy atom. The van der Waals surface area contributed by atoms with Crippen LogP contribution in [0.25, 0.3) is 0 Å². The van der Waals surface area contributed by atoms with Crippen molar-refractivity contribution in [3.63, 3.8) is 0 Å². The third-order valence-electron chi connectivity index (χ3n) is 1.67. The Morgan fingerprint density at radius 1 is 1.88 bits per heavy atom. The molecule has 3 atom stereocenters. The number of rotatable bonds is 2. The van der Waals surface area contributed by atoms with Crippen LogP contribution in [0.2, 0.25) is 0 Å². The van der Waals surface area contributed by atoms with Gasteiger partial charge in [0.1, 0.15) is 0 Å². The minimum Gasteiger partial charge on any atom is -0.0946 e. The molecule has 3 unspecified atom stereocenters. The molecule has 0 aliphatic carbocycles. The molecule has 0 fully saturated rings. The first kappa shape index (κ1) is 6.59. The Hall–Kier alpha value is 0.470. The standard InChI is InChI=1S/C6H12P2/c1-4-5(2)6-7-8(6)3/h5-6H,3-4H2,1-2H3. The van der Waals surface area contributed by atoms with Gasteiger partial charge < -0.3 is 0 Å². The summed E-state index contributed by atoms with van der Waals surface area (Å²) in [5.74, 6) is 0.945. The van der Waals surface area contributed by atoms with Crippen molar-refractivity contribution >= 4 is 21.0 Å². The highest BCUT2D eigenvalue weighted by Crippen LogP contribution is 2.58.